The van der Waals surface area contributed by atoms with E-state index >= 15 is 0 Å². The van der Waals surface area contributed by atoms with Crippen molar-refractivity contribution in [3.63, 3.8) is 0 Å². The average Bonchev–Trinajstić information content (AvgIpc) is 2.27. The van der Waals surface area contributed by atoms with Crippen molar-refractivity contribution in [1.82, 2.24) is 4.98 Å². The first-order valence-electron chi connectivity index (χ1n) is 5.56. The molecular weight excluding hydrogens is 322 g/mol. The average molecular weight is 336 g/mol. The molecule has 1 aromatic heterocycles. The van der Waals surface area contributed by atoms with Crippen LogP contribution in [0, 0.1) is 0 Å². The summed E-state index contributed by atoms with van der Waals surface area (Å²) in [6.07, 6.45) is 1.59. The predicted octanol–water partition coefficient (Wildman–Crippen LogP) is 2.04. The van der Waals surface area contributed by atoms with E-state index in [9.17, 15) is 8.42 Å². The Morgan fingerprint density at radius 3 is 2.94 bits per heavy atom. The number of hydrogen-bond acceptors (Lipinski definition) is 5. The highest BCUT2D eigenvalue weighted by Crippen LogP contribution is 2.29. The van der Waals surface area contributed by atoms with Gasteiger partial charge in [-0.05, 0) is 34.5 Å². The highest BCUT2D eigenvalue weighted by molar-refractivity contribution is 9.10. The fraction of sp³-hybridized carbons (Fsp3) is 0.545. The minimum absolute atomic E-state index is 0.219. The standard InChI is InChI=1S/C11H14BrNO4S/c1-18(14,15)17-8-5-6-16-10(7-8)9-3-2-4-11(12)13-9/h2-4,8,10H,5-7H2,1H3. The molecule has 2 rings (SSSR count). The Hall–Kier alpha value is -0.500. The van der Waals surface area contributed by atoms with Crippen LogP contribution in [-0.4, -0.2) is 32.4 Å². The zero-order valence-electron chi connectivity index (χ0n) is 9.87. The molecule has 0 amide bonds. The van der Waals surface area contributed by atoms with Gasteiger partial charge in [-0.3, -0.25) is 4.18 Å². The van der Waals surface area contributed by atoms with Crippen LogP contribution in [0.25, 0.3) is 0 Å². The minimum atomic E-state index is -3.42. The summed E-state index contributed by atoms with van der Waals surface area (Å²) >= 11 is 3.30. The quantitative estimate of drug-likeness (QED) is 0.624. The summed E-state index contributed by atoms with van der Waals surface area (Å²) in [7, 11) is -3.42. The van der Waals surface area contributed by atoms with Crippen LogP contribution in [0.2, 0.25) is 0 Å². The minimum Gasteiger partial charge on any atom is -0.372 e. The molecule has 100 valence electrons. The van der Waals surface area contributed by atoms with Crippen molar-refractivity contribution in [2.45, 2.75) is 25.0 Å². The molecule has 0 radical (unpaired) electrons. The second kappa shape index (κ2) is 5.64. The van der Waals surface area contributed by atoms with Gasteiger partial charge in [0, 0.05) is 13.0 Å². The van der Waals surface area contributed by atoms with Gasteiger partial charge in [-0.15, -0.1) is 0 Å². The summed E-state index contributed by atoms with van der Waals surface area (Å²) in [5.41, 5.74) is 0.783. The molecule has 0 aliphatic carbocycles. The third-order valence-corrected chi connectivity index (χ3v) is 3.68. The van der Waals surface area contributed by atoms with E-state index in [0.29, 0.717) is 19.4 Å². The van der Waals surface area contributed by atoms with E-state index in [0.717, 1.165) is 16.6 Å². The molecule has 1 aromatic rings. The van der Waals surface area contributed by atoms with Gasteiger partial charge in [0.25, 0.3) is 10.1 Å². The van der Waals surface area contributed by atoms with Gasteiger partial charge in [0.05, 0.1) is 18.1 Å². The number of halogens is 1. The van der Waals surface area contributed by atoms with E-state index in [1.807, 2.05) is 18.2 Å². The second-order valence-corrected chi connectivity index (χ2v) is 6.60. The zero-order valence-corrected chi connectivity index (χ0v) is 12.3. The lowest BCUT2D eigenvalue weighted by Crippen LogP contribution is -2.28. The van der Waals surface area contributed by atoms with Crippen LogP contribution in [0.4, 0.5) is 0 Å². The molecule has 2 atom stereocenters. The topological polar surface area (TPSA) is 65.5 Å². The Bertz CT molecular complexity index is 520. The fourth-order valence-corrected chi connectivity index (χ4v) is 2.94. The van der Waals surface area contributed by atoms with Crippen molar-refractivity contribution in [3.05, 3.63) is 28.5 Å². The van der Waals surface area contributed by atoms with E-state index in [4.69, 9.17) is 8.92 Å². The monoisotopic (exact) mass is 335 g/mol. The lowest BCUT2D eigenvalue weighted by Gasteiger charge is -2.28. The first-order chi connectivity index (χ1) is 8.44. The van der Waals surface area contributed by atoms with Gasteiger partial charge < -0.3 is 4.74 Å². The van der Waals surface area contributed by atoms with Crippen LogP contribution in [0.5, 0.6) is 0 Å². The molecule has 1 aliphatic heterocycles. The third-order valence-electron chi connectivity index (χ3n) is 2.61. The highest BCUT2D eigenvalue weighted by atomic mass is 79.9. The van der Waals surface area contributed by atoms with Crippen molar-refractivity contribution < 1.29 is 17.3 Å². The number of aromatic nitrogens is 1. The van der Waals surface area contributed by atoms with E-state index < -0.39 is 10.1 Å². The van der Waals surface area contributed by atoms with E-state index in [1.165, 1.54) is 0 Å². The second-order valence-electron chi connectivity index (χ2n) is 4.19. The Kier molecular flexibility index (Phi) is 4.37. The summed E-state index contributed by atoms with van der Waals surface area (Å²) in [5.74, 6) is 0. The molecule has 2 unspecified atom stereocenters. The lowest BCUT2D eigenvalue weighted by molar-refractivity contribution is -0.0362. The molecule has 1 aliphatic rings. The maximum absolute atomic E-state index is 11.1. The molecule has 0 bridgehead atoms. The van der Waals surface area contributed by atoms with Crippen LogP contribution in [-0.2, 0) is 19.0 Å². The van der Waals surface area contributed by atoms with Crippen molar-refractivity contribution in [1.29, 1.82) is 0 Å². The van der Waals surface area contributed by atoms with Crippen molar-refractivity contribution in [3.8, 4) is 0 Å². The van der Waals surface area contributed by atoms with Gasteiger partial charge >= 0.3 is 0 Å². The van der Waals surface area contributed by atoms with Crippen molar-refractivity contribution in [2.24, 2.45) is 0 Å². The number of rotatable bonds is 3. The van der Waals surface area contributed by atoms with Crippen LogP contribution in [0.15, 0.2) is 22.8 Å². The number of nitrogens with zero attached hydrogens (tertiary/aromatic N) is 1. The largest absolute Gasteiger partial charge is 0.372 e. The van der Waals surface area contributed by atoms with E-state index in [-0.39, 0.29) is 12.2 Å². The zero-order chi connectivity index (χ0) is 13.2. The van der Waals surface area contributed by atoms with Gasteiger partial charge in [0.2, 0.25) is 0 Å². The SMILES string of the molecule is CS(=O)(=O)OC1CCOC(c2cccc(Br)n2)C1. The van der Waals surface area contributed by atoms with Crippen molar-refractivity contribution >= 4 is 26.0 Å². The Labute approximate surface area is 115 Å². The Morgan fingerprint density at radius 2 is 2.28 bits per heavy atom. The van der Waals surface area contributed by atoms with Gasteiger partial charge in [-0.1, -0.05) is 6.07 Å². The highest BCUT2D eigenvalue weighted by Gasteiger charge is 2.27. The molecule has 1 saturated heterocycles. The molecule has 5 nitrogen and oxygen atoms in total. The van der Waals surface area contributed by atoms with Crippen LogP contribution in [0.3, 0.4) is 0 Å². The maximum Gasteiger partial charge on any atom is 0.264 e. The number of hydrogen-bond donors (Lipinski definition) is 0. The molecule has 0 aromatic carbocycles. The van der Waals surface area contributed by atoms with Crippen LogP contribution >= 0.6 is 15.9 Å². The third kappa shape index (κ3) is 4.01. The van der Waals surface area contributed by atoms with Crippen molar-refractivity contribution in [2.75, 3.05) is 12.9 Å². The molecule has 0 spiro atoms. The normalized spacial score (nSPS) is 25.0. The predicted molar refractivity (Wildman–Crippen MR) is 69.6 cm³/mol. The number of pyridine rings is 1. The molecule has 2 heterocycles. The molecule has 7 heteroatoms. The molecule has 0 saturated carbocycles. The van der Waals surface area contributed by atoms with Crippen LogP contribution in [0.1, 0.15) is 24.6 Å². The van der Waals surface area contributed by atoms with Crippen LogP contribution < -0.4 is 0 Å². The van der Waals surface area contributed by atoms with Gasteiger partial charge in [0.15, 0.2) is 0 Å². The van der Waals surface area contributed by atoms with Gasteiger partial charge in [0.1, 0.15) is 10.7 Å². The first-order valence-corrected chi connectivity index (χ1v) is 8.17. The molecule has 1 fully saturated rings. The molecule has 0 N–H and O–H groups in total. The smallest absolute Gasteiger partial charge is 0.264 e. The summed E-state index contributed by atoms with van der Waals surface area (Å²) in [5, 5.41) is 0. The van der Waals surface area contributed by atoms with Gasteiger partial charge in [-0.25, -0.2) is 4.98 Å². The summed E-state index contributed by atoms with van der Waals surface area (Å²) in [6, 6.07) is 5.56. The summed E-state index contributed by atoms with van der Waals surface area (Å²) in [4.78, 5) is 4.31. The number of ether oxygens (including phenoxy) is 1. The first kappa shape index (κ1) is 13.9. The lowest BCUT2D eigenvalue weighted by atomic mass is 10.0. The molecular formula is C11H14BrNO4S. The fourth-order valence-electron chi connectivity index (χ4n) is 1.91. The maximum atomic E-state index is 11.1. The molecule has 18 heavy (non-hydrogen) atoms. The van der Waals surface area contributed by atoms with E-state index in [2.05, 4.69) is 20.9 Å². The Balaban J connectivity index is 2.07. The summed E-state index contributed by atoms with van der Waals surface area (Å²) < 4.78 is 33.6. The van der Waals surface area contributed by atoms with E-state index in [1.54, 1.807) is 0 Å². The van der Waals surface area contributed by atoms with Gasteiger partial charge in [-0.2, -0.15) is 8.42 Å². The Morgan fingerprint density at radius 1 is 1.50 bits per heavy atom. The summed E-state index contributed by atoms with van der Waals surface area (Å²) in [6.45, 7) is 0.471.